The largest absolute Gasteiger partial charge is 0.353 e. The van der Waals surface area contributed by atoms with Crippen molar-refractivity contribution in [2.45, 2.75) is 32.1 Å². The molecular weight excluding hydrogens is 257 g/mol. The third-order valence-corrected chi connectivity index (χ3v) is 2.22. The Morgan fingerprint density at radius 1 is 1.73 bits per heavy atom. The molecule has 2 aliphatic heterocycles. The van der Waals surface area contributed by atoms with E-state index in [0.29, 0.717) is 12.5 Å². The Hall–Kier alpha value is 0.160. The van der Waals surface area contributed by atoms with Gasteiger partial charge >= 0.3 is 0 Å². The van der Waals surface area contributed by atoms with Crippen molar-refractivity contribution in [2.24, 2.45) is 0 Å². The van der Waals surface area contributed by atoms with Crippen molar-refractivity contribution in [1.82, 2.24) is 4.90 Å². The van der Waals surface area contributed by atoms with Crippen molar-refractivity contribution >= 4 is 29.9 Å². The fourth-order valence-electron chi connectivity index (χ4n) is 1.48. The van der Waals surface area contributed by atoms with Crippen molar-refractivity contribution in [1.29, 1.82) is 0 Å². The van der Waals surface area contributed by atoms with Gasteiger partial charge in [0.2, 0.25) is 5.91 Å². The molecule has 2 unspecified atom stereocenters. The van der Waals surface area contributed by atoms with Gasteiger partial charge in [0.25, 0.3) is 0 Å². The summed E-state index contributed by atoms with van der Waals surface area (Å²) in [5.74, 6) is 0.251. The highest BCUT2D eigenvalue weighted by Crippen LogP contribution is 2.29. The van der Waals surface area contributed by atoms with E-state index in [9.17, 15) is 4.79 Å². The second-order valence-corrected chi connectivity index (χ2v) is 2.87. The number of fused-ring (bicyclic) bond motifs is 1. The predicted octanol–water partition coefficient (Wildman–Crippen LogP) is 0.972. The molecule has 0 bridgehead atoms. The minimum Gasteiger partial charge on any atom is -0.353 e. The molecule has 64 valence electrons. The zero-order valence-electron chi connectivity index (χ0n) is 6.45. The summed E-state index contributed by atoms with van der Waals surface area (Å²) >= 11 is 0. The van der Waals surface area contributed by atoms with E-state index in [1.54, 1.807) is 0 Å². The van der Waals surface area contributed by atoms with Crippen LogP contribution in [0.25, 0.3) is 0 Å². The average molecular weight is 269 g/mol. The van der Waals surface area contributed by atoms with Gasteiger partial charge in [0.1, 0.15) is 6.23 Å². The zero-order chi connectivity index (χ0) is 7.14. The van der Waals surface area contributed by atoms with E-state index in [2.05, 4.69) is 6.92 Å². The number of β-lactam (4-membered cyclic amide) rings is 1. The van der Waals surface area contributed by atoms with Crippen molar-refractivity contribution in [3.8, 4) is 0 Å². The van der Waals surface area contributed by atoms with Crippen molar-refractivity contribution < 1.29 is 9.53 Å². The van der Waals surface area contributed by atoms with E-state index in [1.807, 2.05) is 4.90 Å². The van der Waals surface area contributed by atoms with Crippen LogP contribution >= 0.6 is 24.0 Å². The lowest BCUT2D eigenvalue weighted by Gasteiger charge is -2.31. The van der Waals surface area contributed by atoms with Gasteiger partial charge in [-0.25, -0.2) is 0 Å². The molecule has 0 aromatic rings. The smallest absolute Gasteiger partial charge is 0.229 e. The molecule has 2 atom stereocenters. The molecule has 2 heterocycles. The van der Waals surface area contributed by atoms with Crippen molar-refractivity contribution in [3.63, 3.8) is 0 Å². The van der Waals surface area contributed by atoms with E-state index < -0.39 is 0 Å². The van der Waals surface area contributed by atoms with E-state index in [1.165, 1.54) is 0 Å². The van der Waals surface area contributed by atoms with Crippen molar-refractivity contribution in [2.75, 3.05) is 6.54 Å². The Balaban J connectivity index is 0.000000605. The summed E-state index contributed by atoms with van der Waals surface area (Å²) in [6.45, 7) is 2.90. The highest BCUT2D eigenvalue weighted by atomic mass is 127. The lowest BCUT2D eigenvalue weighted by molar-refractivity contribution is -0.156. The van der Waals surface area contributed by atoms with Gasteiger partial charge in [-0.2, -0.15) is 0 Å². The summed E-state index contributed by atoms with van der Waals surface area (Å²) in [5.41, 5.74) is 0. The minimum atomic E-state index is 0. The summed E-state index contributed by atoms with van der Waals surface area (Å²) in [6.07, 6.45) is 2.06. The molecule has 11 heavy (non-hydrogen) atoms. The van der Waals surface area contributed by atoms with Gasteiger partial charge in [-0.1, -0.05) is 6.92 Å². The molecule has 3 nitrogen and oxygen atoms in total. The summed E-state index contributed by atoms with van der Waals surface area (Å²) in [4.78, 5) is 12.6. The van der Waals surface area contributed by atoms with Gasteiger partial charge in [0.05, 0.1) is 12.5 Å². The zero-order valence-corrected chi connectivity index (χ0v) is 8.78. The molecule has 0 radical (unpaired) electrons. The lowest BCUT2D eigenvalue weighted by atomic mass is 10.2. The van der Waals surface area contributed by atoms with Crippen LogP contribution in [0.15, 0.2) is 0 Å². The number of halogens is 1. The molecule has 0 saturated carbocycles. The van der Waals surface area contributed by atoms with E-state index >= 15 is 0 Å². The molecule has 0 N–H and O–H groups in total. The normalized spacial score (nSPS) is 34.3. The fraction of sp³-hybridized carbons (Fsp3) is 0.857. The molecule has 0 aromatic heterocycles. The number of rotatable bonds is 1. The topological polar surface area (TPSA) is 29.5 Å². The monoisotopic (exact) mass is 269 g/mol. The molecule has 0 aromatic carbocycles. The van der Waals surface area contributed by atoms with Crippen molar-refractivity contribution in [3.05, 3.63) is 0 Å². The van der Waals surface area contributed by atoms with Crippen LogP contribution in [0, 0.1) is 0 Å². The third-order valence-electron chi connectivity index (χ3n) is 2.22. The summed E-state index contributed by atoms with van der Waals surface area (Å²) in [5, 5.41) is 0. The molecule has 2 saturated heterocycles. The number of carbonyl (C=O) groups excluding carboxylic acids is 1. The predicted molar refractivity (Wildman–Crippen MR) is 50.7 cm³/mol. The van der Waals surface area contributed by atoms with Crippen LogP contribution in [-0.2, 0) is 9.53 Å². The van der Waals surface area contributed by atoms with Crippen LogP contribution in [0.3, 0.4) is 0 Å². The molecule has 0 spiro atoms. The highest BCUT2D eigenvalue weighted by Gasteiger charge is 2.44. The van der Waals surface area contributed by atoms with Gasteiger partial charge in [0, 0.05) is 6.54 Å². The maximum Gasteiger partial charge on any atom is 0.229 e. The molecule has 1 amide bonds. The first-order chi connectivity index (χ1) is 4.81. The first-order valence-electron chi connectivity index (χ1n) is 3.76. The van der Waals surface area contributed by atoms with E-state index in [0.717, 1.165) is 13.0 Å². The maximum atomic E-state index is 10.8. The Morgan fingerprint density at radius 3 is 2.91 bits per heavy atom. The maximum absolute atomic E-state index is 10.8. The minimum absolute atomic E-state index is 0. The van der Waals surface area contributed by atoms with Crippen LogP contribution in [0.1, 0.15) is 19.8 Å². The number of nitrogens with zero attached hydrogens (tertiary/aromatic N) is 1. The third kappa shape index (κ3) is 1.38. The second kappa shape index (κ2) is 3.26. The second-order valence-electron chi connectivity index (χ2n) is 2.87. The fourth-order valence-corrected chi connectivity index (χ4v) is 1.48. The Kier molecular flexibility index (Phi) is 2.74. The van der Waals surface area contributed by atoms with E-state index in [4.69, 9.17) is 4.74 Å². The average Bonchev–Trinajstić information content (AvgIpc) is 2.26. The standard InChI is InChI=1S/C7H11NO2.HI/c1-2-5-4-8-6(9)3-7(8)10-5;/h5,7H,2-4H2,1H3;1H. The first-order valence-corrected chi connectivity index (χ1v) is 3.76. The molecular formula is C7H12INO2. The summed E-state index contributed by atoms with van der Waals surface area (Å²) in [6, 6.07) is 0. The molecule has 2 fully saturated rings. The lowest BCUT2D eigenvalue weighted by Crippen LogP contribution is -2.48. The number of ether oxygens (including phenoxy) is 1. The number of hydrogen-bond donors (Lipinski definition) is 0. The van der Waals surface area contributed by atoms with Crippen LogP contribution in [-0.4, -0.2) is 29.7 Å². The van der Waals surface area contributed by atoms with Gasteiger partial charge in [-0.3, -0.25) is 4.79 Å². The molecule has 2 aliphatic rings. The Labute approximate surface area is 83.1 Å². The highest BCUT2D eigenvalue weighted by molar-refractivity contribution is 14.0. The number of amides is 1. The van der Waals surface area contributed by atoms with Crippen LogP contribution in [0.5, 0.6) is 0 Å². The van der Waals surface area contributed by atoms with E-state index in [-0.39, 0.29) is 36.1 Å². The Morgan fingerprint density at radius 2 is 2.45 bits per heavy atom. The molecule has 4 heteroatoms. The molecule has 2 rings (SSSR count). The summed E-state index contributed by atoms with van der Waals surface area (Å²) < 4.78 is 5.48. The van der Waals surface area contributed by atoms with Gasteiger partial charge in [-0.15, -0.1) is 24.0 Å². The summed E-state index contributed by atoms with van der Waals surface area (Å²) in [7, 11) is 0. The molecule has 0 aliphatic carbocycles. The van der Waals surface area contributed by atoms with Gasteiger partial charge in [0.15, 0.2) is 0 Å². The van der Waals surface area contributed by atoms with Crippen LogP contribution < -0.4 is 0 Å². The van der Waals surface area contributed by atoms with Crippen LogP contribution in [0.2, 0.25) is 0 Å². The number of hydrogen-bond acceptors (Lipinski definition) is 2. The first kappa shape index (κ1) is 9.25. The van der Waals surface area contributed by atoms with Gasteiger partial charge in [-0.05, 0) is 6.42 Å². The quantitative estimate of drug-likeness (QED) is 0.524. The Bertz CT molecular complexity index is 174. The SMILES string of the molecule is CCC1CN2C(=O)CC2O1.I. The number of carbonyl (C=O) groups is 1. The van der Waals surface area contributed by atoms with Crippen LogP contribution in [0.4, 0.5) is 0 Å². The van der Waals surface area contributed by atoms with Gasteiger partial charge < -0.3 is 9.64 Å².